The van der Waals surface area contributed by atoms with Crippen molar-refractivity contribution in [2.45, 2.75) is 0 Å². The molecule has 21 heavy (non-hydrogen) atoms. The molecule has 0 bridgehead atoms. The average molecular weight is 290 g/mol. The first-order valence-corrected chi connectivity index (χ1v) is 6.08. The van der Waals surface area contributed by atoms with E-state index in [0.29, 0.717) is 5.69 Å². The standard InChI is InChI=1S/C15H12F2N2O2/c1-19(11-5-3-2-4-6-11)15(21)14(20)18-10-7-8-12(16)13(17)9-10/h2-9H,1H3,(H,18,20). The molecule has 0 saturated carbocycles. The molecule has 108 valence electrons. The molecule has 6 heteroatoms. The van der Waals surface area contributed by atoms with Gasteiger partial charge in [-0.1, -0.05) is 18.2 Å². The first-order valence-electron chi connectivity index (χ1n) is 6.08. The fourth-order valence-electron chi connectivity index (χ4n) is 1.68. The van der Waals surface area contributed by atoms with Gasteiger partial charge in [0.15, 0.2) is 11.6 Å². The minimum atomic E-state index is -1.10. The smallest absolute Gasteiger partial charge is 0.316 e. The van der Waals surface area contributed by atoms with Crippen molar-refractivity contribution in [3.63, 3.8) is 0 Å². The van der Waals surface area contributed by atoms with Crippen LogP contribution >= 0.6 is 0 Å². The Bertz CT molecular complexity index is 675. The van der Waals surface area contributed by atoms with Crippen LogP contribution in [-0.4, -0.2) is 18.9 Å². The molecule has 0 atom stereocenters. The monoisotopic (exact) mass is 290 g/mol. The van der Waals surface area contributed by atoms with Crippen molar-refractivity contribution in [3.8, 4) is 0 Å². The van der Waals surface area contributed by atoms with Crippen molar-refractivity contribution in [1.29, 1.82) is 0 Å². The molecule has 1 N–H and O–H groups in total. The fourth-order valence-corrected chi connectivity index (χ4v) is 1.68. The van der Waals surface area contributed by atoms with Crippen molar-refractivity contribution in [2.75, 3.05) is 17.3 Å². The van der Waals surface area contributed by atoms with E-state index < -0.39 is 23.4 Å². The highest BCUT2D eigenvalue weighted by molar-refractivity contribution is 6.44. The molecule has 0 spiro atoms. The zero-order valence-corrected chi connectivity index (χ0v) is 11.1. The second kappa shape index (κ2) is 6.13. The van der Waals surface area contributed by atoms with E-state index in [-0.39, 0.29) is 5.69 Å². The quantitative estimate of drug-likeness (QED) is 0.864. The van der Waals surface area contributed by atoms with E-state index in [4.69, 9.17) is 0 Å². The number of hydrogen-bond donors (Lipinski definition) is 1. The molecule has 0 saturated heterocycles. The highest BCUT2D eigenvalue weighted by Crippen LogP contribution is 2.14. The number of likely N-dealkylation sites (N-methyl/N-ethyl adjacent to an activating group) is 1. The Labute approximate surface area is 120 Å². The minimum Gasteiger partial charge on any atom is -0.318 e. The van der Waals surface area contributed by atoms with Crippen LogP contribution in [0.25, 0.3) is 0 Å². The number of carbonyl (C=O) groups excluding carboxylic acids is 2. The van der Waals surface area contributed by atoms with Crippen LogP contribution in [0.2, 0.25) is 0 Å². The third-order valence-corrected chi connectivity index (χ3v) is 2.82. The average Bonchev–Trinajstić information content (AvgIpc) is 2.50. The Morgan fingerprint density at radius 3 is 2.29 bits per heavy atom. The van der Waals surface area contributed by atoms with Crippen molar-refractivity contribution in [3.05, 3.63) is 60.2 Å². The number of nitrogens with one attached hydrogen (secondary N) is 1. The van der Waals surface area contributed by atoms with Crippen molar-refractivity contribution >= 4 is 23.2 Å². The third kappa shape index (κ3) is 3.42. The van der Waals surface area contributed by atoms with Gasteiger partial charge in [0.2, 0.25) is 0 Å². The van der Waals surface area contributed by atoms with E-state index in [1.54, 1.807) is 30.3 Å². The molecule has 2 rings (SSSR count). The van der Waals surface area contributed by atoms with Crippen molar-refractivity contribution in [2.24, 2.45) is 0 Å². The highest BCUT2D eigenvalue weighted by atomic mass is 19.2. The second-order valence-corrected chi connectivity index (χ2v) is 4.28. The number of anilines is 2. The zero-order valence-electron chi connectivity index (χ0n) is 11.1. The summed E-state index contributed by atoms with van der Waals surface area (Å²) >= 11 is 0. The normalized spacial score (nSPS) is 10.0. The minimum absolute atomic E-state index is 0.00807. The Kier molecular flexibility index (Phi) is 4.27. The zero-order chi connectivity index (χ0) is 15.4. The van der Waals surface area contributed by atoms with Crippen LogP contribution in [0.4, 0.5) is 20.2 Å². The van der Waals surface area contributed by atoms with Crippen LogP contribution in [0, 0.1) is 11.6 Å². The van der Waals surface area contributed by atoms with E-state index in [1.165, 1.54) is 13.1 Å². The lowest BCUT2D eigenvalue weighted by molar-refractivity contribution is -0.134. The topological polar surface area (TPSA) is 49.4 Å². The van der Waals surface area contributed by atoms with Gasteiger partial charge in [-0.3, -0.25) is 9.59 Å². The van der Waals surface area contributed by atoms with E-state index >= 15 is 0 Å². The summed E-state index contributed by atoms with van der Waals surface area (Å²) in [4.78, 5) is 24.9. The first-order chi connectivity index (χ1) is 9.99. The molecule has 0 aromatic heterocycles. The van der Waals surface area contributed by atoms with Crippen LogP contribution in [0.5, 0.6) is 0 Å². The Morgan fingerprint density at radius 1 is 1.00 bits per heavy atom. The van der Waals surface area contributed by atoms with Crippen LogP contribution in [-0.2, 0) is 9.59 Å². The number of rotatable bonds is 2. The maximum atomic E-state index is 13.0. The summed E-state index contributed by atoms with van der Waals surface area (Å²) in [6.07, 6.45) is 0. The lowest BCUT2D eigenvalue weighted by Gasteiger charge is -2.16. The number of para-hydroxylation sites is 1. The maximum Gasteiger partial charge on any atom is 0.316 e. The Balaban J connectivity index is 2.09. The van der Waals surface area contributed by atoms with Gasteiger partial charge in [0.05, 0.1) is 0 Å². The van der Waals surface area contributed by atoms with Gasteiger partial charge in [-0.15, -0.1) is 0 Å². The number of nitrogens with zero attached hydrogens (tertiary/aromatic N) is 1. The summed E-state index contributed by atoms with van der Waals surface area (Å²) in [5.41, 5.74) is 0.552. The molecular formula is C15H12F2N2O2. The van der Waals surface area contributed by atoms with E-state index in [0.717, 1.165) is 17.0 Å². The van der Waals surface area contributed by atoms with E-state index in [1.807, 2.05) is 0 Å². The summed E-state index contributed by atoms with van der Waals surface area (Å²) in [6.45, 7) is 0. The Morgan fingerprint density at radius 2 is 1.67 bits per heavy atom. The van der Waals surface area contributed by atoms with E-state index in [9.17, 15) is 18.4 Å². The molecule has 0 unspecified atom stereocenters. The van der Waals surface area contributed by atoms with Gasteiger partial charge in [-0.05, 0) is 24.3 Å². The maximum absolute atomic E-state index is 13.0. The number of benzene rings is 2. The summed E-state index contributed by atoms with van der Waals surface area (Å²) in [6, 6.07) is 11.4. The summed E-state index contributed by atoms with van der Waals surface area (Å²) in [7, 11) is 1.45. The molecule has 2 aromatic rings. The molecule has 2 aromatic carbocycles. The van der Waals surface area contributed by atoms with Crippen LogP contribution in [0.15, 0.2) is 48.5 Å². The molecule has 0 aliphatic carbocycles. The molecule has 0 radical (unpaired) electrons. The van der Waals surface area contributed by atoms with E-state index in [2.05, 4.69) is 5.32 Å². The fraction of sp³-hybridized carbons (Fsp3) is 0.0667. The van der Waals surface area contributed by atoms with Crippen molar-refractivity contribution < 1.29 is 18.4 Å². The predicted molar refractivity (Wildman–Crippen MR) is 74.8 cm³/mol. The molecule has 0 fully saturated rings. The van der Waals surface area contributed by atoms with Crippen LogP contribution in [0.3, 0.4) is 0 Å². The van der Waals surface area contributed by atoms with Crippen LogP contribution < -0.4 is 10.2 Å². The lowest BCUT2D eigenvalue weighted by atomic mass is 10.2. The summed E-state index contributed by atoms with van der Waals surface area (Å²) in [5, 5.41) is 2.22. The van der Waals surface area contributed by atoms with Gasteiger partial charge in [0.1, 0.15) is 0 Å². The SMILES string of the molecule is CN(C(=O)C(=O)Nc1ccc(F)c(F)c1)c1ccccc1. The molecule has 4 nitrogen and oxygen atoms in total. The largest absolute Gasteiger partial charge is 0.318 e. The number of halogens is 2. The van der Waals surface area contributed by atoms with Crippen molar-refractivity contribution in [1.82, 2.24) is 0 Å². The third-order valence-electron chi connectivity index (χ3n) is 2.82. The molecule has 0 aliphatic rings. The number of amides is 2. The van der Waals surface area contributed by atoms with Crippen LogP contribution in [0.1, 0.15) is 0 Å². The predicted octanol–water partition coefficient (Wildman–Crippen LogP) is 2.57. The van der Waals surface area contributed by atoms with Gasteiger partial charge < -0.3 is 10.2 Å². The van der Waals surface area contributed by atoms with Gasteiger partial charge in [-0.25, -0.2) is 8.78 Å². The Hall–Kier alpha value is -2.76. The van der Waals surface area contributed by atoms with Gasteiger partial charge in [-0.2, -0.15) is 0 Å². The van der Waals surface area contributed by atoms with Gasteiger partial charge in [0.25, 0.3) is 0 Å². The lowest BCUT2D eigenvalue weighted by Crippen LogP contribution is -2.37. The summed E-state index contributed by atoms with van der Waals surface area (Å²) < 4.78 is 25.8. The molecule has 2 amide bonds. The van der Waals surface area contributed by atoms with Gasteiger partial charge >= 0.3 is 11.8 Å². The first kappa shape index (κ1) is 14.6. The number of hydrogen-bond acceptors (Lipinski definition) is 2. The molecule has 0 aliphatic heterocycles. The van der Waals surface area contributed by atoms with Gasteiger partial charge in [0, 0.05) is 24.5 Å². The molecular weight excluding hydrogens is 278 g/mol. The summed E-state index contributed by atoms with van der Waals surface area (Å²) in [5.74, 6) is -3.88. The molecule has 0 heterocycles. The second-order valence-electron chi connectivity index (χ2n) is 4.28. The highest BCUT2D eigenvalue weighted by Gasteiger charge is 2.20. The number of carbonyl (C=O) groups is 2.